The fraction of sp³-hybridized carbons (Fsp3) is 0.588. The molecule has 1 unspecified atom stereocenters. The Morgan fingerprint density at radius 3 is 3.04 bits per heavy atom. The molecule has 1 aromatic heterocycles. The van der Waals surface area contributed by atoms with E-state index in [0.29, 0.717) is 11.0 Å². The number of carbonyl (C=O) groups excluding carboxylic acids is 1. The molecule has 1 fully saturated rings. The summed E-state index contributed by atoms with van der Waals surface area (Å²) in [6.07, 6.45) is 4.77. The molecule has 0 radical (unpaired) electrons. The van der Waals surface area contributed by atoms with E-state index in [1.165, 1.54) is 0 Å². The molecule has 0 spiro atoms. The molecule has 7 nitrogen and oxygen atoms in total. The van der Waals surface area contributed by atoms with Crippen LogP contribution in [0.4, 0.5) is 5.82 Å². The van der Waals surface area contributed by atoms with Crippen LogP contribution in [0.2, 0.25) is 5.02 Å². The van der Waals surface area contributed by atoms with Crippen molar-refractivity contribution in [3.05, 3.63) is 23.4 Å². The third kappa shape index (κ3) is 6.25. The number of amides is 1. The molecule has 0 saturated carbocycles. The van der Waals surface area contributed by atoms with Crippen molar-refractivity contribution >= 4 is 41.0 Å². The molecule has 0 aliphatic carbocycles. The van der Waals surface area contributed by atoms with Crippen molar-refractivity contribution in [2.45, 2.75) is 12.5 Å². The van der Waals surface area contributed by atoms with Gasteiger partial charge in [-0.05, 0) is 24.8 Å². The first kappa shape index (κ1) is 20.6. The van der Waals surface area contributed by atoms with Crippen molar-refractivity contribution in [1.82, 2.24) is 20.5 Å². The van der Waals surface area contributed by atoms with Gasteiger partial charge in [0, 0.05) is 51.7 Å². The summed E-state index contributed by atoms with van der Waals surface area (Å²) >= 11 is 8.01. The Kier molecular flexibility index (Phi) is 8.31. The van der Waals surface area contributed by atoms with Gasteiger partial charge in [0.05, 0.1) is 5.02 Å². The molecule has 1 amide bonds. The topological polar surface area (TPSA) is 72.9 Å². The van der Waals surface area contributed by atoms with E-state index in [4.69, 9.17) is 11.6 Å². The molecular formula is C17H27ClN6OS. The molecule has 1 aliphatic heterocycles. The van der Waals surface area contributed by atoms with Gasteiger partial charge in [-0.2, -0.15) is 11.8 Å². The number of nitrogens with zero attached hydrogens (tertiary/aromatic N) is 4. The Morgan fingerprint density at radius 2 is 2.35 bits per heavy atom. The first-order valence-corrected chi connectivity index (χ1v) is 10.4. The first-order valence-electron chi connectivity index (χ1n) is 8.60. The summed E-state index contributed by atoms with van der Waals surface area (Å²) in [6.45, 7) is 2.60. The lowest BCUT2D eigenvalue weighted by Gasteiger charge is -2.20. The number of hydrogen-bond donors (Lipinski definition) is 2. The maximum absolute atomic E-state index is 11.8. The SMILES string of the molecule is CSCCNC(=NCC(=O)N(C)C)NC1CCN(c2ncccc2Cl)C1. The molecule has 2 rings (SSSR count). The van der Waals surface area contributed by atoms with Crippen LogP contribution in [0.25, 0.3) is 0 Å². The van der Waals surface area contributed by atoms with Crippen molar-refractivity contribution < 1.29 is 4.79 Å². The van der Waals surface area contributed by atoms with Crippen molar-refractivity contribution in [2.75, 3.05) is 57.2 Å². The largest absolute Gasteiger partial charge is 0.356 e. The summed E-state index contributed by atoms with van der Waals surface area (Å²) in [5, 5.41) is 7.39. The Balaban J connectivity index is 1.95. The highest BCUT2D eigenvalue weighted by molar-refractivity contribution is 7.98. The van der Waals surface area contributed by atoms with Gasteiger partial charge in [-0.1, -0.05) is 11.6 Å². The zero-order valence-electron chi connectivity index (χ0n) is 15.5. The van der Waals surface area contributed by atoms with E-state index in [-0.39, 0.29) is 18.5 Å². The molecule has 1 saturated heterocycles. The number of anilines is 1. The van der Waals surface area contributed by atoms with E-state index >= 15 is 0 Å². The Morgan fingerprint density at radius 1 is 1.54 bits per heavy atom. The fourth-order valence-electron chi connectivity index (χ4n) is 2.59. The second-order valence-electron chi connectivity index (χ2n) is 6.26. The Bertz CT molecular complexity index is 627. The third-order valence-corrected chi connectivity index (χ3v) is 4.94. The minimum absolute atomic E-state index is 0.0238. The Labute approximate surface area is 164 Å². The highest BCUT2D eigenvalue weighted by atomic mass is 35.5. The number of thioether (sulfide) groups is 1. The van der Waals surface area contributed by atoms with E-state index in [9.17, 15) is 4.79 Å². The Hall–Kier alpha value is -1.67. The number of carbonyl (C=O) groups is 1. The second-order valence-corrected chi connectivity index (χ2v) is 7.65. The molecule has 26 heavy (non-hydrogen) atoms. The summed E-state index contributed by atoms with van der Waals surface area (Å²) in [5.41, 5.74) is 0. The van der Waals surface area contributed by atoms with Crippen LogP contribution >= 0.6 is 23.4 Å². The molecule has 2 N–H and O–H groups in total. The highest BCUT2D eigenvalue weighted by Gasteiger charge is 2.25. The number of likely N-dealkylation sites (N-methyl/N-ethyl adjacent to an activating group) is 1. The van der Waals surface area contributed by atoms with E-state index < -0.39 is 0 Å². The average molecular weight is 399 g/mol. The number of nitrogens with one attached hydrogen (secondary N) is 2. The summed E-state index contributed by atoms with van der Waals surface area (Å²) in [6, 6.07) is 3.91. The summed E-state index contributed by atoms with van der Waals surface area (Å²) in [7, 11) is 3.47. The maximum atomic E-state index is 11.8. The summed E-state index contributed by atoms with van der Waals surface area (Å²) in [5.74, 6) is 2.44. The smallest absolute Gasteiger partial charge is 0.243 e. The van der Waals surface area contributed by atoms with Gasteiger partial charge < -0.3 is 20.4 Å². The standard InChI is InChI=1S/C17H27ClN6OS/c1-23(2)15(25)11-21-17(20-8-10-26-3)22-13-6-9-24(12-13)16-14(18)5-4-7-19-16/h4-5,7,13H,6,8-12H2,1-3H3,(H2,20,21,22). The zero-order valence-corrected chi connectivity index (χ0v) is 17.1. The molecule has 1 aliphatic rings. The van der Waals surface area contributed by atoms with Gasteiger partial charge in [-0.25, -0.2) is 9.98 Å². The van der Waals surface area contributed by atoms with Crippen molar-refractivity contribution in [1.29, 1.82) is 0 Å². The molecule has 9 heteroatoms. The lowest BCUT2D eigenvalue weighted by atomic mass is 10.3. The van der Waals surface area contributed by atoms with Crippen LogP contribution in [-0.4, -0.2) is 80.1 Å². The van der Waals surface area contributed by atoms with E-state index in [1.807, 2.05) is 12.1 Å². The number of rotatable bonds is 7. The number of aromatic nitrogens is 1. The van der Waals surface area contributed by atoms with Crippen LogP contribution in [0.3, 0.4) is 0 Å². The quantitative estimate of drug-likeness (QED) is 0.410. The van der Waals surface area contributed by atoms with E-state index in [2.05, 4.69) is 31.8 Å². The van der Waals surface area contributed by atoms with Crippen LogP contribution in [0.5, 0.6) is 0 Å². The second kappa shape index (κ2) is 10.5. The number of pyridine rings is 1. The minimum Gasteiger partial charge on any atom is -0.356 e. The maximum Gasteiger partial charge on any atom is 0.243 e. The third-order valence-electron chi connectivity index (χ3n) is 4.04. The summed E-state index contributed by atoms with van der Waals surface area (Å²) < 4.78 is 0. The van der Waals surface area contributed by atoms with Crippen molar-refractivity contribution in [3.8, 4) is 0 Å². The van der Waals surface area contributed by atoms with Crippen LogP contribution in [-0.2, 0) is 4.79 Å². The number of halogens is 1. The predicted octanol–water partition coefficient (Wildman–Crippen LogP) is 1.30. The normalized spacial score (nSPS) is 17.3. The molecule has 2 heterocycles. The summed E-state index contributed by atoms with van der Waals surface area (Å²) in [4.78, 5) is 24.3. The number of guanidine groups is 1. The molecule has 0 bridgehead atoms. The van der Waals surface area contributed by atoms with Crippen LogP contribution < -0.4 is 15.5 Å². The predicted molar refractivity (Wildman–Crippen MR) is 110 cm³/mol. The molecule has 144 valence electrons. The van der Waals surface area contributed by atoms with Gasteiger partial charge in [0.25, 0.3) is 0 Å². The highest BCUT2D eigenvalue weighted by Crippen LogP contribution is 2.25. The average Bonchev–Trinajstić information content (AvgIpc) is 3.08. The lowest BCUT2D eigenvalue weighted by molar-refractivity contribution is -0.127. The van der Waals surface area contributed by atoms with Gasteiger partial charge in [0.2, 0.25) is 5.91 Å². The first-order chi connectivity index (χ1) is 12.5. The van der Waals surface area contributed by atoms with Gasteiger partial charge in [0.15, 0.2) is 5.96 Å². The van der Waals surface area contributed by atoms with Crippen LogP contribution in [0.15, 0.2) is 23.3 Å². The number of hydrogen-bond acceptors (Lipinski definition) is 5. The molecular weight excluding hydrogens is 372 g/mol. The molecule has 1 aromatic rings. The van der Waals surface area contributed by atoms with Gasteiger partial charge in [0.1, 0.15) is 12.4 Å². The zero-order chi connectivity index (χ0) is 18.9. The van der Waals surface area contributed by atoms with E-state index in [0.717, 1.165) is 37.6 Å². The fourth-order valence-corrected chi connectivity index (χ4v) is 3.13. The van der Waals surface area contributed by atoms with Gasteiger partial charge >= 0.3 is 0 Å². The lowest BCUT2D eigenvalue weighted by Crippen LogP contribution is -2.45. The monoisotopic (exact) mass is 398 g/mol. The molecule has 0 aromatic carbocycles. The van der Waals surface area contributed by atoms with Crippen molar-refractivity contribution in [2.24, 2.45) is 4.99 Å². The van der Waals surface area contributed by atoms with Crippen LogP contribution in [0, 0.1) is 0 Å². The van der Waals surface area contributed by atoms with Crippen molar-refractivity contribution in [3.63, 3.8) is 0 Å². The van der Waals surface area contributed by atoms with E-state index in [1.54, 1.807) is 37.0 Å². The number of aliphatic imine (C=N–C) groups is 1. The van der Waals surface area contributed by atoms with Gasteiger partial charge in [-0.15, -0.1) is 0 Å². The van der Waals surface area contributed by atoms with Crippen LogP contribution in [0.1, 0.15) is 6.42 Å². The minimum atomic E-state index is -0.0238. The van der Waals surface area contributed by atoms with Gasteiger partial charge in [-0.3, -0.25) is 4.79 Å². The molecule has 1 atom stereocenters.